The zero-order valence-electron chi connectivity index (χ0n) is 12.0. The van der Waals surface area contributed by atoms with Crippen molar-refractivity contribution in [1.29, 1.82) is 0 Å². The van der Waals surface area contributed by atoms with Crippen LogP contribution < -0.4 is 19.9 Å². The molecule has 6 heteroatoms. The van der Waals surface area contributed by atoms with Gasteiger partial charge in [0.05, 0.1) is 24.5 Å². The molecule has 20 heavy (non-hydrogen) atoms. The lowest BCUT2D eigenvalue weighted by Crippen LogP contribution is -2.92. The molecule has 1 aliphatic heterocycles. The van der Waals surface area contributed by atoms with Gasteiger partial charge in [-0.1, -0.05) is 11.8 Å². The van der Waals surface area contributed by atoms with E-state index in [-0.39, 0.29) is 5.37 Å². The standard InChI is InChI=1S/C14H19NO4S/c1-14(2)11(13(16)17)15-12(20-14)9-7-8(18-3)5-6-10(9)19-4/h5-7,11-12,15H,1-4H3,(H,16,17)/t11-,12+/m0/s1. The van der Waals surface area contributed by atoms with Gasteiger partial charge in [-0.15, -0.1) is 0 Å². The van der Waals surface area contributed by atoms with E-state index in [1.54, 1.807) is 26.0 Å². The first-order valence-electron chi connectivity index (χ1n) is 6.34. The van der Waals surface area contributed by atoms with E-state index in [1.807, 2.05) is 37.4 Å². The fraction of sp³-hybridized carbons (Fsp3) is 0.500. The maximum atomic E-state index is 11.3. The lowest BCUT2D eigenvalue weighted by Gasteiger charge is -2.21. The van der Waals surface area contributed by atoms with Gasteiger partial charge in [-0.3, -0.25) is 0 Å². The summed E-state index contributed by atoms with van der Waals surface area (Å²) < 4.78 is 10.2. The predicted octanol–water partition coefficient (Wildman–Crippen LogP) is -0.0903. The van der Waals surface area contributed by atoms with Gasteiger partial charge >= 0.3 is 0 Å². The molecule has 0 aromatic heterocycles. The number of carboxylic acid groups (broad SMARTS) is 1. The van der Waals surface area contributed by atoms with Gasteiger partial charge < -0.3 is 24.7 Å². The number of methoxy groups -OCH3 is 2. The fourth-order valence-corrected chi connectivity index (χ4v) is 3.96. The molecule has 1 heterocycles. The van der Waals surface area contributed by atoms with Crippen LogP contribution in [-0.4, -0.2) is 31.0 Å². The molecule has 5 nitrogen and oxygen atoms in total. The van der Waals surface area contributed by atoms with Crippen LogP contribution in [0.1, 0.15) is 24.8 Å². The fourth-order valence-electron chi connectivity index (χ4n) is 2.44. The Labute approximate surface area is 122 Å². The average Bonchev–Trinajstić information content (AvgIpc) is 2.73. The molecule has 0 unspecified atom stereocenters. The highest BCUT2D eigenvalue weighted by molar-refractivity contribution is 8.00. The topological polar surface area (TPSA) is 75.2 Å². The van der Waals surface area contributed by atoms with Crippen LogP contribution in [0.4, 0.5) is 0 Å². The monoisotopic (exact) mass is 297 g/mol. The van der Waals surface area contributed by atoms with Gasteiger partial charge in [-0.2, -0.15) is 0 Å². The van der Waals surface area contributed by atoms with Crippen LogP contribution in [0.2, 0.25) is 0 Å². The second kappa shape index (κ2) is 5.54. The van der Waals surface area contributed by atoms with Crippen molar-refractivity contribution in [3.05, 3.63) is 23.8 Å². The highest BCUT2D eigenvalue weighted by Crippen LogP contribution is 2.44. The third-order valence-electron chi connectivity index (χ3n) is 3.54. The number of quaternary nitrogens is 1. The van der Waals surface area contributed by atoms with Crippen molar-refractivity contribution < 1.29 is 24.7 Å². The van der Waals surface area contributed by atoms with Gasteiger partial charge in [0.1, 0.15) is 23.5 Å². The van der Waals surface area contributed by atoms with Crippen molar-refractivity contribution >= 4 is 17.7 Å². The molecule has 0 radical (unpaired) electrons. The van der Waals surface area contributed by atoms with Crippen LogP contribution in [0.5, 0.6) is 11.5 Å². The molecule has 0 bridgehead atoms. The number of aliphatic carboxylic acids is 1. The van der Waals surface area contributed by atoms with Crippen molar-refractivity contribution in [3.63, 3.8) is 0 Å². The molecule has 0 amide bonds. The highest BCUT2D eigenvalue weighted by atomic mass is 32.2. The summed E-state index contributed by atoms with van der Waals surface area (Å²) in [6.45, 7) is 3.84. The lowest BCUT2D eigenvalue weighted by molar-refractivity contribution is -0.695. The molecule has 0 aliphatic carbocycles. The van der Waals surface area contributed by atoms with Crippen molar-refractivity contribution in [3.8, 4) is 11.5 Å². The van der Waals surface area contributed by atoms with Crippen LogP contribution in [0.25, 0.3) is 0 Å². The Morgan fingerprint density at radius 1 is 1.35 bits per heavy atom. The Hall–Kier alpha value is -1.40. The molecule has 1 aromatic carbocycles. The highest BCUT2D eigenvalue weighted by Gasteiger charge is 2.47. The summed E-state index contributed by atoms with van der Waals surface area (Å²) in [5, 5.41) is 13.0. The minimum Gasteiger partial charge on any atom is -0.544 e. The van der Waals surface area contributed by atoms with Gasteiger partial charge in [-0.25, -0.2) is 0 Å². The molecule has 2 N–H and O–H groups in total. The summed E-state index contributed by atoms with van der Waals surface area (Å²) >= 11 is 1.59. The lowest BCUT2D eigenvalue weighted by atomic mass is 10.0. The van der Waals surface area contributed by atoms with E-state index in [0.29, 0.717) is 0 Å². The number of nitrogens with two attached hydrogens (primary N) is 1. The number of rotatable bonds is 4. The van der Waals surface area contributed by atoms with Crippen LogP contribution in [0.15, 0.2) is 18.2 Å². The maximum absolute atomic E-state index is 11.3. The van der Waals surface area contributed by atoms with E-state index in [2.05, 4.69) is 0 Å². The first-order chi connectivity index (χ1) is 9.39. The van der Waals surface area contributed by atoms with Crippen molar-refractivity contribution in [2.24, 2.45) is 0 Å². The van der Waals surface area contributed by atoms with Crippen molar-refractivity contribution in [2.75, 3.05) is 14.2 Å². The molecule has 1 aromatic rings. The summed E-state index contributed by atoms with van der Waals surface area (Å²) in [5.41, 5.74) is 0.925. The van der Waals surface area contributed by atoms with E-state index in [4.69, 9.17) is 9.47 Å². The number of thioether (sulfide) groups is 1. The Morgan fingerprint density at radius 2 is 2.05 bits per heavy atom. The molecule has 110 valence electrons. The number of hydrogen-bond donors (Lipinski definition) is 1. The van der Waals surface area contributed by atoms with E-state index < -0.39 is 16.8 Å². The molecule has 2 rings (SSSR count). The smallest absolute Gasteiger partial charge is 0.163 e. The third kappa shape index (κ3) is 2.71. The second-order valence-electron chi connectivity index (χ2n) is 5.24. The van der Waals surface area contributed by atoms with Gasteiger partial charge in [0.25, 0.3) is 0 Å². The largest absolute Gasteiger partial charge is 0.544 e. The summed E-state index contributed by atoms with van der Waals surface area (Å²) in [6, 6.07) is 4.96. The van der Waals surface area contributed by atoms with Gasteiger partial charge in [-0.05, 0) is 32.0 Å². The van der Waals surface area contributed by atoms with Crippen LogP contribution in [-0.2, 0) is 4.79 Å². The minimum absolute atomic E-state index is 0.0575. The van der Waals surface area contributed by atoms with E-state index >= 15 is 0 Å². The normalized spacial score (nSPS) is 24.4. The molecule has 0 spiro atoms. The summed E-state index contributed by atoms with van der Waals surface area (Å²) in [4.78, 5) is 11.3. The Kier molecular flexibility index (Phi) is 4.15. The van der Waals surface area contributed by atoms with Crippen LogP contribution in [0.3, 0.4) is 0 Å². The van der Waals surface area contributed by atoms with Crippen molar-refractivity contribution in [1.82, 2.24) is 0 Å². The Balaban J connectivity index is 2.35. The molecular formula is C14H19NO4S. The second-order valence-corrected chi connectivity index (χ2v) is 7.03. The Morgan fingerprint density at radius 3 is 2.55 bits per heavy atom. The number of ether oxygens (including phenoxy) is 2. The summed E-state index contributed by atoms with van der Waals surface area (Å²) in [7, 11) is 3.21. The van der Waals surface area contributed by atoms with Gasteiger partial charge in [0, 0.05) is 0 Å². The maximum Gasteiger partial charge on any atom is 0.163 e. The van der Waals surface area contributed by atoms with Crippen LogP contribution >= 0.6 is 11.8 Å². The SMILES string of the molecule is COc1ccc(OC)c([C@@H]2[NH2+][C@@H](C(=O)[O-])C(C)(C)S2)c1. The zero-order valence-corrected chi connectivity index (χ0v) is 12.8. The molecule has 1 saturated heterocycles. The van der Waals surface area contributed by atoms with E-state index in [1.165, 1.54) is 0 Å². The van der Waals surface area contributed by atoms with Crippen molar-refractivity contribution in [2.45, 2.75) is 30.0 Å². The predicted molar refractivity (Wildman–Crippen MR) is 74.7 cm³/mol. The number of carbonyl (C=O) groups excluding carboxylic acids is 1. The van der Waals surface area contributed by atoms with E-state index in [0.717, 1.165) is 17.1 Å². The minimum atomic E-state index is -1.04. The molecule has 0 saturated carbocycles. The molecular weight excluding hydrogens is 278 g/mol. The third-order valence-corrected chi connectivity index (χ3v) is 5.07. The van der Waals surface area contributed by atoms with E-state index in [9.17, 15) is 9.90 Å². The van der Waals surface area contributed by atoms with Gasteiger partial charge in [0.15, 0.2) is 5.37 Å². The Bertz CT molecular complexity index is 518. The summed E-state index contributed by atoms with van der Waals surface area (Å²) in [6.07, 6.45) is 0. The summed E-state index contributed by atoms with van der Waals surface area (Å²) in [5.74, 6) is 0.422. The molecule has 1 fully saturated rings. The molecule has 1 aliphatic rings. The number of hydrogen-bond acceptors (Lipinski definition) is 5. The first kappa shape index (κ1) is 15.0. The van der Waals surface area contributed by atoms with Gasteiger partial charge in [0.2, 0.25) is 0 Å². The molecule has 2 atom stereocenters. The quantitative estimate of drug-likeness (QED) is 0.840. The number of benzene rings is 1. The van der Waals surface area contributed by atoms with Crippen LogP contribution in [0, 0.1) is 0 Å². The number of carbonyl (C=O) groups is 1. The number of carboxylic acids is 1. The first-order valence-corrected chi connectivity index (χ1v) is 7.22. The zero-order chi connectivity index (χ0) is 14.9. The average molecular weight is 297 g/mol.